The molecule has 2 rings (SSSR count). The molecule has 2 aromatic rings. The summed E-state index contributed by atoms with van der Waals surface area (Å²) in [6.45, 7) is 6.48. The summed E-state index contributed by atoms with van der Waals surface area (Å²) in [6.07, 6.45) is 3.76. The fraction of sp³-hybridized carbons (Fsp3) is 0.368. The van der Waals surface area contributed by atoms with Crippen LogP contribution in [0.1, 0.15) is 23.7 Å². The summed E-state index contributed by atoms with van der Waals surface area (Å²) in [5.41, 5.74) is 3.51. The molecule has 1 aromatic carbocycles. The van der Waals surface area contributed by atoms with Crippen LogP contribution in [0.15, 0.2) is 47.6 Å². The molecule has 128 valence electrons. The third kappa shape index (κ3) is 6.59. The van der Waals surface area contributed by atoms with E-state index in [4.69, 9.17) is 11.6 Å². The first-order valence-electron chi connectivity index (χ1n) is 8.35. The van der Waals surface area contributed by atoms with Crippen LogP contribution in [0.25, 0.3) is 0 Å². The van der Waals surface area contributed by atoms with E-state index in [-0.39, 0.29) is 0 Å². The first kappa shape index (κ1) is 18.3. The van der Waals surface area contributed by atoms with Crippen LogP contribution < -0.4 is 10.6 Å². The van der Waals surface area contributed by atoms with Crippen LogP contribution in [0.3, 0.4) is 0 Å². The van der Waals surface area contributed by atoms with Crippen LogP contribution in [-0.2, 0) is 12.8 Å². The van der Waals surface area contributed by atoms with Gasteiger partial charge in [0.2, 0.25) is 0 Å². The number of rotatable bonds is 7. The van der Waals surface area contributed by atoms with Crippen LogP contribution in [-0.4, -0.2) is 30.6 Å². The molecular formula is C19H25ClN4. The largest absolute Gasteiger partial charge is 0.357 e. The lowest BCUT2D eigenvalue weighted by Crippen LogP contribution is -2.38. The summed E-state index contributed by atoms with van der Waals surface area (Å²) in [6, 6.07) is 12.1. The molecule has 4 nitrogen and oxygen atoms in total. The molecule has 5 heteroatoms. The van der Waals surface area contributed by atoms with Gasteiger partial charge in [-0.2, -0.15) is 0 Å². The van der Waals surface area contributed by atoms with Crippen LogP contribution in [0.2, 0.25) is 5.02 Å². The Labute approximate surface area is 149 Å². The van der Waals surface area contributed by atoms with Gasteiger partial charge in [-0.05, 0) is 56.0 Å². The van der Waals surface area contributed by atoms with Crippen LogP contribution in [0.4, 0.5) is 0 Å². The SMILES string of the molecule is CCNC(=NCCc1ccc(Cl)cc1)NCCc1ccc(C)nc1. The molecule has 0 saturated carbocycles. The predicted octanol–water partition coefficient (Wildman–Crippen LogP) is 3.38. The topological polar surface area (TPSA) is 49.3 Å². The number of hydrogen-bond donors (Lipinski definition) is 2. The third-order valence-corrected chi connectivity index (χ3v) is 3.86. The minimum absolute atomic E-state index is 0.739. The maximum Gasteiger partial charge on any atom is 0.191 e. The molecule has 0 atom stereocenters. The highest BCUT2D eigenvalue weighted by molar-refractivity contribution is 6.30. The van der Waals surface area contributed by atoms with Gasteiger partial charge < -0.3 is 10.6 Å². The zero-order valence-electron chi connectivity index (χ0n) is 14.3. The van der Waals surface area contributed by atoms with Crippen molar-refractivity contribution in [2.75, 3.05) is 19.6 Å². The zero-order valence-corrected chi connectivity index (χ0v) is 15.1. The van der Waals surface area contributed by atoms with Gasteiger partial charge in [0.05, 0.1) is 0 Å². The van der Waals surface area contributed by atoms with Crippen molar-refractivity contribution in [3.63, 3.8) is 0 Å². The van der Waals surface area contributed by atoms with E-state index in [0.29, 0.717) is 0 Å². The van der Waals surface area contributed by atoms with Crippen molar-refractivity contribution in [2.24, 2.45) is 4.99 Å². The standard InChI is InChI=1S/C19H25ClN4/c1-3-21-19(22-12-10-16-6-8-18(20)9-7-16)23-13-11-17-5-4-15(2)24-14-17/h4-9,14H,3,10-13H2,1-2H3,(H2,21,22,23). The molecule has 0 aliphatic rings. The first-order valence-corrected chi connectivity index (χ1v) is 8.73. The summed E-state index contributed by atoms with van der Waals surface area (Å²) in [7, 11) is 0. The first-order chi connectivity index (χ1) is 11.7. The average Bonchev–Trinajstić information content (AvgIpc) is 2.58. The van der Waals surface area contributed by atoms with Gasteiger partial charge in [-0.1, -0.05) is 29.8 Å². The summed E-state index contributed by atoms with van der Waals surface area (Å²) in [5.74, 6) is 0.853. The van der Waals surface area contributed by atoms with Gasteiger partial charge in [-0.25, -0.2) is 0 Å². The Morgan fingerprint density at radius 3 is 2.46 bits per heavy atom. The minimum Gasteiger partial charge on any atom is -0.357 e. The van der Waals surface area contributed by atoms with Crippen LogP contribution >= 0.6 is 11.6 Å². The molecule has 0 amide bonds. The van der Waals surface area contributed by atoms with Crippen molar-refractivity contribution >= 4 is 17.6 Å². The van der Waals surface area contributed by atoms with E-state index in [1.807, 2.05) is 43.5 Å². The maximum absolute atomic E-state index is 5.90. The quantitative estimate of drug-likeness (QED) is 0.598. The summed E-state index contributed by atoms with van der Waals surface area (Å²) >= 11 is 5.90. The Morgan fingerprint density at radius 2 is 1.79 bits per heavy atom. The number of aliphatic imine (C=N–C) groups is 1. The Bertz CT molecular complexity index is 635. The molecule has 1 heterocycles. The van der Waals surface area contributed by atoms with Crippen molar-refractivity contribution in [3.8, 4) is 0 Å². The molecule has 2 N–H and O–H groups in total. The minimum atomic E-state index is 0.739. The second kappa shape index (κ2) is 9.93. The smallest absolute Gasteiger partial charge is 0.191 e. The number of benzene rings is 1. The van der Waals surface area contributed by atoms with Gasteiger partial charge in [0.1, 0.15) is 0 Å². The molecule has 0 unspecified atom stereocenters. The van der Waals surface area contributed by atoms with Gasteiger partial charge in [-0.15, -0.1) is 0 Å². The molecule has 0 aliphatic heterocycles. The summed E-state index contributed by atoms with van der Waals surface area (Å²) in [4.78, 5) is 8.94. The lowest BCUT2D eigenvalue weighted by Gasteiger charge is -2.11. The average molecular weight is 345 g/mol. The Morgan fingerprint density at radius 1 is 1.04 bits per heavy atom. The fourth-order valence-corrected chi connectivity index (χ4v) is 2.39. The van der Waals surface area contributed by atoms with Gasteiger partial charge in [-0.3, -0.25) is 9.98 Å². The number of halogens is 1. The summed E-state index contributed by atoms with van der Waals surface area (Å²) in [5, 5.41) is 7.41. The monoisotopic (exact) mass is 344 g/mol. The number of aromatic nitrogens is 1. The zero-order chi connectivity index (χ0) is 17.2. The number of nitrogens with one attached hydrogen (secondary N) is 2. The Kier molecular flexibility index (Phi) is 7.56. The lowest BCUT2D eigenvalue weighted by molar-refractivity contribution is 0.794. The normalized spacial score (nSPS) is 11.4. The predicted molar refractivity (Wildman–Crippen MR) is 102 cm³/mol. The van der Waals surface area contributed by atoms with E-state index in [9.17, 15) is 0 Å². The number of pyridine rings is 1. The highest BCUT2D eigenvalue weighted by atomic mass is 35.5. The van der Waals surface area contributed by atoms with Gasteiger partial charge in [0.15, 0.2) is 5.96 Å². The number of nitrogens with zero attached hydrogens (tertiary/aromatic N) is 2. The molecule has 0 spiro atoms. The fourth-order valence-electron chi connectivity index (χ4n) is 2.26. The van der Waals surface area contributed by atoms with Crippen molar-refractivity contribution in [1.82, 2.24) is 15.6 Å². The molecule has 0 aliphatic carbocycles. The van der Waals surface area contributed by atoms with Gasteiger partial charge in [0.25, 0.3) is 0 Å². The van der Waals surface area contributed by atoms with Crippen LogP contribution in [0, 0.1) is 6.92 Å². The Hall–Kier alpha value is -2.07. The molecule has 1 aromatic heterocycles. The van der Waals surface area contributed by atoms with Crippen molar-refractivity contribution in [3.05, 3.63) is 64.4 Å². The maximum atomic E-state index is 5.90. The van der Waals surface area contributed by atoms with E-state index in [1.165, 1.54) is 11.1 Å². The number of hydrogen-bond acceptors (Lipinski definition) is 2. The molecule has 24 heavy (non-hydrogen) atoms. The van der Waals surface area contributed by atoms with Gasteiger partial charge >= 0.3 is 0 Å². The molecule has 0 radical (unpaired) electrons. The van der Waals surface area contributed by atoms with Crippen molar-refractivity contribution in [2.45, 2.75) is 26.7 Å². The lowest BCUT2D eigenvalue weighted by atomic mass is 10.1. The highest BCUT2D eigenvalue weighted by Gasteiger charge is 1.99. The second-order valence-electron chi connectivity index (χ2n) is 5.62. The van der Waals surface area contributed by atoms with Crippen LogP contribution in [0.5, 0.6) is 0 Å². The van der Waals surface area contributed by atoms with E-state index < -0.39 is 0 Å². The highest BCUT2D eigenvalue weighted by Crippen LogP contribution is 2.09. The molecule has 0 bridgehead atoms. The third-order valence-electron chi connectivity index (χ3n) is 3.61. The van der Waals surface area contributed by atoms with Crippen molar-refractivity contribution in [1.29, 1.82) is 0 Å². The second-order valence-corrected chi connectivity index (χ2v) is 6.06. The Balaban J connectivity index is 1.79. The summed E-state index contributed by atoms with van der Waals surface area (Å²) < 4.78 is 0. The van der Waals surface area contributed by atoms with E-state index in [2.05, 4.69) is 33.6 Å². The number of guanidine groups is 1. The molecule has 0 saturated heterocycles. The van der Waals surface area contributed by atoms with E-state index in [1.54, 1.807) is 0 Å². The van der Waals surface area contributed by atoms with E-state index in [0.717, 1.165) is 49.2 Å². The molecular weight excluding hydrogens is 320 g/mol. The molecule has 0 fully saturated rings. The van der Waals surface area contributed by atoms with Gasteiger partial charge in [0, 0.05) is 36.5 Å². The number of aryl methyl sites for hydroxylation is 1. The van der Waals surface area contributed by atoms with E-state index >= 15 is 0 Å². The van der Waals surface area contributed by atoms with Crippen molar-refractivity contribution < 1.29 is 0 Å².